The van der Waals surface area contributed by atoms with E-state index in [0.29, 0.717) is 0 Å². The van der Waals surface area contributed by atoms with Gasteiger partial charge in [0.15, 0.2) is 0 Å². The average Bonchev–Trinajstić information content (AvgIpc) is 3.09. The van der Waals surface area contributed by atoms with Gasteiger partial charge in [0.05, 0.1) is 39.2 Å². The summed E-state index contributed by atoms with van der Waals surface area (Å²) in [5.41, 5.74) is -0.997. The van der Waals surface area contributed by atoms with Crippen molar-refractivity contribution >= 4 is 34.8 Å². The lowest BCUT2D eigenvalue weighted by Gasteiger charge is -2.24. The van der Waals surface area contributed by atoms with E-state index in [4.69, 9.17) is 16.3 Å². The molecule has 0 unspecified atom stereocenters. The summed E-state index contributed by atoms with van der Waals surface area (Å²) in [5.74, 6) is -2.09. The summed E-state index contributed by atoms with van der Waals surface area (Å²) in [4.78, 5) is 36.8. The normalized spacial score (nSPS) is 34.3. The topological polar surface area (TPSA) is 89.8 Å². The summed E-state index contributed by atoms with van der Waals surface area (Å²) in [7, 11) is 0. The minimum absolute atomic E-state index is 0.0493. The van der Waals surface area contributed by atoms with Gasteiger partial charge in [-0.3, -0.25) is 19.7 Å². The number of carbonyl (C=O) groups is 2. The van der Waals surface area contributed by atoms with Gasteiger partial charge in [0.2, 0.25) is 11.8 Å². The van der Waals surface area contributed by atoms with Gasteiger partial charge < -0.3 is 4.74 Å². The fourth-order valence-electron chi connectivity index (χ4n) is 3.68. The lowest BCUT2D eigenvalue weighted by atomic mass is 9.78. The van der Waals surface area contributed by atoms with Crippen LogP contribution in [0.4, 0.5) is 11.4 Å². The molecule has 0 aliphatic carbocycles. The van der Waals surface area contributed by atoms with Gasteiger partial charge in [0.1, 0.15) is 0 Å². The van der Waals surface area contributed by atoms with Gasteiger partial charge in [0, 0.05) is 12.1 Å². The maximum absolute atomic E-state index is 12.8. The van der Waals surface area contributed by atoms with E-state index in [-0.39, 0.29) is 16.4 Å². The summed E-state index contributed by atoms with van der Waals surface area (Å²) in [6.45, 7) is 1.76. The Morgan fingerprint density at radius 3 is 2.74 bits per heavy atom. The highest BCUT2D eigenvalue weighted by atomic mass is 35.5. The van der Waals surface area contributed by atoms with Gasteiger partial charge in [-0.1, -0.05) is 23.8 Å². The van der Waals surface area contributed by atoms with Crippen molar-refractivity contribution < 1.29 is 19.2 Å². The highest BCUT2D eigenvalue weighted by Gasteiger charge is 2.66. The molecule has 0 radical (unpaired) electrons. The minimum atomic E-state index is -0.815. The minimum Gasteiger partial charge on any atom is -0.362 e. The molecule has 3 aliphatic rings. The first kappa shape index (κ1) is 14.3. The van der Waals surface area contributed by atoms with Crippen LogP contribution < -0.4 is 4.90 Å². The second kappa shape index (κ2) is 4.39. The van der Waals surface area contributed by atoms with Crippen LogP contribution in [0.25, 0.3) is 0 Å². The molecule has 1 aromatic carbocycles. The zero-order chi connectivity index (χ0) is 16.5. The van der Waals surface area contributed by atoms with Crippen molar-refractivity contribution in [2.24, 2.45) is 11.8 Å². The van der Waals surface area contributed by atoms with E-state index in [2.05, 4.69) is 0 Å². The summed E-state index contributed by atoms with van der Waals surface area (Å²) in [6, 6.07) is 3.69. The van der Waals surface area contributed by atoms with Crippen LogP contribution in [-0.4, -0.2) is 28.4 Å². The Morgan fingerprint density at radius 2 is 2.09 bits per heavy atom. The summed E-state index contributed by atoms with van der Waals surface area (Å²) >= 11 is 6.08. The third kappa shape index (κ3) is 1.74. The maximum atomic E-state index is 12.8. The number of imide groups is 1. The second-order valence-corrected chi connectivity index (χ2v) is 6.44. The second-order valence-electron chi connectivity index (χ2n) is 6.03. The third-order valence-electron chi connectivity index (χ3n) is 4.71. The molecule has 118 valence electrons. The van der Waals surface area contributed by atoms with Crippen LogP contribution in [0, 0.1) is 22.0 Å². The highest BCUT2D eigenvalue weighted by Crippen LogP contribution is 2.52. The number of rotatable bonds is 2. The molecule has 0 aromatic heterocycles. The van der Waals surface area contributed by atoms with Crippen molar-refractivity contribution in [1.29, 1.82) is 0 Å². The van der Waals surface area contributed by atoms with Crippen LogP contribution in [0.1, 0.15) is 6.92 Å². The van der Waals surface area contributed by atoms with E-state index in [1.807, 2.05) is 0 Å². The first-order valence-electron chi connectivity index (χ1n) is 7.02. The number of anilines is 1. The number of fused-ring (bicyclic) bond motifs is 5. The molecule has 2 fully saturated rings. The highest BCUT2D eigenvalue weighted by molar-refractivity contribution is 6.36. The number of hydrogen-bond acceptors (Lipinski definition) is 5. The van der Waals surface area contributed by atoms with E-state index in [1.165, 1.54) is 12.1 Å². The van der Waals surface area contributed by atoms with Crippen molar-refractivity contribution in [3.05, 3.63) is 45.5 Å². The Bertz CT molecular complexity index is 807. The summed E-state index contributed by atoms with van der Waals surface area (Å²) in [5, 5.41) is 11.1. The number of nitro groups is 1. The van der Waals surface area contributed by atoms with Crippen molar-refractivity contribution in [3.8, 4) is 0 Å². The molecular formula is C15H11ClN2O5. The number of carbonyl (C=O) groups excluding carboxylic acids is 2. The zero-order valence-corrected chi connectivity index (χ0v) is 12.7. The van der Waals surface area contributed by atoms with Crippen LogP contribution in [-0.2, 0) is 14.3 Å². The van der Waals surface area contributed by atoms with Crippen molar-refractivity contribution in [2.45, 2.75) is 18.6 Å². The SMILES string of the molecule is C[C@@]12C=C[C@@H](O1)[C@H]1C(=O)N(c3cc([N+](=O)[O-])ccc3Cl)C(=O)[C@H]12. The summed E-state index contributed by atoms with van der Waals surface area (Å²) in [6.07, 6.45) is 3.14. The number of non-ortho nitro benzene ring substituents is 1. The molecule has 0 spiro atoms. The molecule has 0 saturated carbocycles. The lowest BCUT2D eigenvalue weighted by Crippen LogP contribution is -2.38. The number of hydrogen-bond donors (Lipinski definition) is 0. The van der Waals surface area contributed by atoms with Crippen LogP contribution in [0.2, 0.25) is 5.02 Å². The molecule has 1 aromatic rings. The molecule has 8 heteroatoms. The number of benzene rings is 1. The summed E-state index contributed by atoms with van der Waals surface area (Å²) < 4.78 is 5.72. The van der Waals surface area contributed by atoms with Crippen molar-refractivity contribution in [3.63, 3.8) is 0 Å². The Kier molecular flexibility index (Phi) is 2.74. The third-order valence-corrected chi connectivity index (χ3v) is 5.03. The number of nitrogens with zero attached hydrogens (tertiary/aromatic N) is 2. The smallest absolute Gasteiger partial charge is 0.271 e. The van der Waals surface area contributed by atoms with E-state index in [0.717, 1.165) is 11.0 Å². The van der Waals surface area contributed by atoms with Gasteiger partial charge in [0.25, 0.3) is 5.69 Å². The fraction of sp³-hybridized carbons (Fsp3) is 0.333. The molecule has 7 nitrogen and oxygen atoms in total. The van der Waals surface area contributed by atoms with Gasteiger partial charge in [-0.15, -0.1) is 0 Å². The molecule has 2 saturated heterocycles. The average molecular weight is 335 g/mol. The molecule has 0 N–H and O–H groups in total. The predicted octanol–water partition coefficient (Wildman–Crippen LogP) is 2.08. The van der Waals surface area contributed by atoms with Crippen molar-refractivity contribution in [1.82, 2.24) is 0 Å². The Labute approximate surface area is 135 Å². The number of ether oxygens (including phenoxy) is 1. The van der Waals surface area contributed by atoms with Gasteiger partial charge in [-0.2, -0.15) is 0 Å². The van der Waals surface area contributed by atoms with Crippen LogP contribution in [0.3, 0.4) is 0 Å². The van der Waals surface area contributed by atoms with Gasteiger partial charge in [-0.25, -0.2) is 4.90 Å². The van der Waals surface area contributed by atoms with E-state index < -0.39 is 40.3 Å². The Hall–Kier alpha value is -2.25. The zero-order valence-electron chi connectivity index (χ0n) is 11.9. The Morgan fingerprint density at radius 1 is 1.35 bits per heavy atom. The molecule has 3 heterocycles. The van der Waals surface area contributed by atoms with Crippen LogP contribution in [0.15, 0.2) is 30.4 Å². The first-order chi connectivity index (χ1) is 10.8. The van der Waals surface area contributed by atoms with Gasteiger partial charge >= 0.3 is 0 Å². The standard InChI is InChI=1S/C15H11ClN2O5/c1-15-5-4-10(23-15)11-12(15)14(20)17(13(11)19)9-6-7(18(21)22)2-3-8(9)16/h2-6,10-12H,1H3/t10-,11-,12+,15+/m1/s1. The monoisotopic (exact) mass is 334 g/mol. The van der Waals surface area contributed by atoms with Crippen LogP contribution in [0.5, 0.6) is 0 Å². The van der Waals surface area contributed by atoms with Crippen molar-refractivity contribution in [2.75, 3.05) is 4.90 Å². The quantitative estimate of drug-likeness (QED) is 0.357. The van der Waals surface area contributed by atoms with Gasteiger partial charge in [-0.05, 0) is 13.0 Å². The van der Waals surface area contributed by atoms with E-state index in [1.54, 1.807) is 19.1 Å². The number of nitro benzene ring substituents is 1. The lowest BCUT2D eigenvalue weighted by molar-refractivity contribution is -0.384. The fourth-order valence-corrected chi connectivity index (χ4v) is 3.88. The molecule has 23 heavy (non-hydrogen) atoms. The van der Waals surface area contributed by atoms with Crippen LogP contribution >= 0.6 is 11.6 Å². The predicted molar refractivity (Wildman–Crippen MR) is 80.0 cm³/mol. The molecule has 4 rings (SSSR count). The van der Waals surface area contributed by atoms with E-state index >= 15 is 0 Å². The molecular weight excluding hydrogens is 324 g/mol. The number of amides is 2. The van der Waals surface area contributed by atoms with E-state index in [9.17, 15) is 19.7 Å². The molecule has 4 atom stereocenters. The Balaban J connectivity index is 1.81. The molecule has 3 aliphatic heterocycles. The molecule has 2 amide bonds. The largest absolute Gasteiger partial charge is 0.362 e. The maximum Gasteiger partial charge on any atom is 0.271 e. The number of halogens is 1. The molecule has 2 bridgehead atoms. The first-order valence-corrected chi connectivity index (χ1v) is 7.40.